The van der Waals surface area contributed by atoms with Crippen molar-refractivity contribution in [2.75, 3.05) is 13.2 Å². The normalized spacial score (nSPS) is 33.8. The lowest BCUT2D eigenvalue weighted by atomic mass is 9.71. The fraction of sp³-hybridized carbons (Fsp3) is 0.450. The van der Waals surface area contributed by atoms with Gasteiger partial charge in [-0.1, -0.05) is 17.3 Å². The SMILES string of the molecule is N#CCOc1ccccc1C1=NO[C@H]2[C@H]3C[C@@H]([C@@H]12)[C@@H]1C(=O)N(CC(=O)O)C(=O)[C@H]31. The van der Waals surface area contributed by atoms with Gasteiger partial charge < -0.3 is 14.7 Å². The van der Waals surface area contributed by atoms with Gasteiger partial charge >= 0.3 is 5.97 Å². The van der Waals surface area contributed by atoms with Crippen LogP contribution in [0.5, 0.6) is 5.75 Å². The first-order chi connectivity index (χ1) is 14.0. The van der Waals surface area contributed by atoms with Crippen LogP contribution in [0.4, 0.5) is 0 Å². The number of fused-ring (bicyclic) bond motifs is 8. The predicted molar refractivity (Wildman–Crippen MR) is 95.4 cm³/mol. The molecule has 9 heteroatoms. The van der Waals surface area contributed by atoms with E-state index in [4.69, 9.17) is 19.9 Å². The molecule has 0 radical (unpaired) electrons. The molecule has 1 aromatic carbocycles. The molecule has 2 bridgehead atoms. The van der Waals surface area contributed by atoms with Crippen molar-refractivity contribution >= 4 is 23.5 Å². The number of likely N-dealkylation sites (tertiary alicyclic amines) is 1. The maximum absolute atomic E-state index is 12.9. The summed E-state index contributed by atoms with van der Waals surface area (Å²) >= 11 is 0. The monoisotopic (exact) mass is 395 g/mol. The largest absolute Gasteiger partial charge is 0.480 e. The average molecular weight is 395 g/mol. The van der Waals surface area contributed by atoms with Gasteiger partial charge in [0.1, 0.15) is 24.5 Å². The van der Waals surface area contributed by atoms with Gasteiger partial charge in [-0.2, -0.15) is 5.26 Å². The maximum Gasteiger partial charge on any atom is 0.323 e. The molecule has 2 heterocycles. The maximum atomic E-state index is 12.9. The molecule has 2 aliphatic heterocycles. The Morgan fingerprint density at radius 1 is 1.24 bits per heavy atom. The van der Waals surface area contributed by atoms with Crippen LogP contribution in [-0.2, 0) is 19.2 Å². The lowest BCUT2D eigenvalue weighted by Crippen LogP contribution is -2.41. The molecule has 3 fully saturated rings. The highest BCUT2D eigenvalue weighted by Crippen LogP contribution is 2.61. The summed E-state index contributed by atoms with van der Waals surface area (Å²) in [6.45, 7) is -0.709. The second-order valence-corrected chi connectivity index (χ2v) is 7.79. The average Bonchev–Trinajstić information content (AvgIpc) is 3.43. The van der Waals surface area contributed by atoms with E-state index in [9.17, 15) is 14.4 Å². The van der Waals surface area contributed by atoms with E-state index < -0.39 is 36.2 Å². The number of benzene rings is 1. The van der Waals surface area contributed by atoms with Crippen molar-refractivity contribution < 1.29 is 29.1 Å². The Morgan fingerprint density at radius 3 is 2.69 bits per heavy atom. The first-order valence-corrected chi connectivity index (χ1v) is 9.42. The standard InChI is InChI=1S/C20H17N3O6/c21-5-6-28-12-4-2-1-3-9(12)17-16-10-7-11(18(16)29-22-17)15-14(10)19(26)23(20(15)27)8-13(24)25/h1-4,10-11,14-16,18H,6-8H2,(H,24,25)/t10-,11+,14+,15-,16+,18+/m1/s1. The van der Waals surface area contributed by atoms with E-state index in [1.54, 1.807) is 12.1 Å². The molecular weight excluding hydrogens is 378 g/mol. The van der Waals surface area contributed by atoms with Crippen molar-refractivity contribution in [1.82, 2.24) is 4.90 Å². The number of carboxylic acids is 1. The molecule has 4 aliphatic rings. The summed E-state index contributed by atoms with van der Waals surface area (Å²) in [4.78, 5) is 43.3. The highest BCUT2D eigenvalue weighted by molar-refractivity contribution is 6.10. The molecule has 2 amide bonds. The van der Waals surface area contributed by atoms with Crippen LogP contribution in [0.2, 0.25) is 0 Å². The number of amides is 2. The third-order valence-electron chi connectivity index (χ3n) is 6.53. The van der Waals surface area contributed by atoms with Crippen LogP contribution < -0.4 is 4.74 Å². The van der Waals surface area contributed by atoms with Gasteiger partial charge in [0.2, 0.25) is 11.8 Å². The lowest BCUT2D eigenvalue weighted by molar-refractivity contribution is -0.150. The van der Waals surface area contributed by atoms with Crippen LogP contribution >= 0.6 is 0 Å². The molecule has 6 atom stereocenters. The van der Waals surface area contributed by atoms with Crippen LogP contribution in [0.15, 0.2) is 29.4 Å². The number of oxime groups is 1. The van der Waals surface area contributed by atoms with Gasteiger partial charge in [0, 0.05) is 17.4 Å². The molecule has 2 saturated carbocycles. The molecule has 148 valence electrons. The Morgan fingerprint density at radius 2 is 1.97 bits per heavy atom. The first-order valence-electron chi connectivity index (χ1n) is 9.42. The van der Waals surface area contributed by atoms with E-state index in [1.165, 1.54) is 0 Å². The van der Waals surface area contributed by atoms with Crippen molar-refractivity contribution in [2.45, 2.75) is 12.5 Å². The van der Waals surface area contributed by atoms with Crippen molar-refractivity contribution in [1.29, 1.82) is 5.26 Å². The number of aliphatic carboxylic acids is 1. The molecule has 29 heavy (non-hydrogen) atoms. The molecule has 2 aliphatic carbocycles. The van der Waals surface area contributed by atoms with Crippen molar-refractivity contribution in [3.63, 3.8) is 0 Å². The Balaban J connectivity index is 1.47. The summed E-state index contributed by atoms with van der Waals surface area (Å²) in [6, 6.07) is 9.15. The van der Waals surface area contributed by atoms with E-state index in [0.29, 0.717) is 23.4 Å². The van der Waals surface area contributed by atoms with Gasteiger partial charge in [-0.25, -0.2) is 0 Å². The number of nitrogens with zero attached hydrogens (tertiary/aromatic N) is 3. The minimum atomic E-state index is -1.21. The van der Waals surface area contributed by atoms with E-state index in [-0.39, 0.29) is 30.5 Å². The van der Waals surface area contributed by atoms with Crippen LogP contribution in [0, 0.1) is 40.9 Å². The van der Waals surface area contributed by atoms with E-state index in [2.05, 4.69) is 5.16 Å². The van der Waals surface area contributed by atoms with Gasteiger partial charge in [-0.3, -0.25) is 19.3 Å². The van der Waals surface area contributed by atoms with Crippen LogP contribution in [0.1, 0.15) is 12.0 Å². The molecular formula is C20H17N3O6. The number of para-hydroxylation sites is 1. The summed E-state index contributed by atoms with van der Waals surface area (Å²) < 4.78 is 5.52. The Labute approximate surface area is 165 Å². The van der Waals surface area contributed by atoms with Crippen molar-refractivity contribution in [3.8, 4) is 11.8 Å². The zero-order valence-corrected chi connectivity index (χ0v) is 15.2. The van der Waals surface area contributed by atoms with Gasteiger partial charge in [-0.15, -0.1) is 0 Å². The van der Waals surface area contributed by atoms with Gasteiger partial charge in [0.25, 0.3) is 0 Å². The molecule has 1 aromatic rings. The number of imide groups is 1. The quantitative estimate of drug-likeness (QED) is 0.724. The van der Waals surface area contributed by atoms with Crippen LogP contribution in [-0.4, -0.2) is 52.8 Å². The fourth-order valence-electron chi connectivity index (χ4n) is 5.62. The molecule has 1 N–H and O–H groups in total. The third kappa shape index (κ3) is 2.38. The Bertz CT molecular complexity index is 998. The number of nitriles is 1. The molecule has 9 nitrogen and oxygen atoms in total. The van der Waals surface area contributed by atoms with Gasteiger partial charge in [0.05, 0.1) is 17.5 Å². The number of rotatable bonds is 5. The second kappa shape index (κ2) is 6.30. The molecule has 5 rings (SSSR count). The minimum absolute atomic E-state index is 0.104. The lowest BCUT2D eigenvalue weighted by Gasteiger charge is -2.30. The zero-order valence-electron chi connectivity index (χ0n) is 15.2. The third-order valence-corrected chi connectivity index (χ3v) is 6.53. The van der Waals surface area contributed by atoms with Gasteiger partial charge in [0.15, 0.2) is 6.61 Å². The highest BCUT2D eigenvalue weighted by atomic mass is 16.6. The van der Waals surface area contributed by atoms with E-state index >= 15 is 0 Å². The zero-order chi connectivity index (χ0) is 20.3. The fourth-order valence-corrected chi connectivity index (χ4v) is 5.62. The number of hydrogen-bond acceptors (Lipinski definition) is 7. The summed E-state index contributed by atoms with van der Waals surface area (Å²) in [7, 11) is 0. The number of carboxylic acid groups (broad SMARTS) is 1. The predicted octanol–water partition coefficient (Wildman–Crippen LogP) is 0.644. The van der Waals surface area contributed by atoms with Crippen molar-refractivity contribution in [3.05, 3.63) is 29.8 Å². The van der Waals surface area contributed by atoms with E-state index in [1.807, 2.05) is 18.2 Å². The smallest absolute Gasteiger partial charge is 0.323 e. The number of ether oxygens (including phenoxy) is 1. The van der Waals surface area contributed by atoms with Crippen LogP contribution in [0.3, 0.4) is 0 Å². The Hall–Kier alpha value is -3.41. The highest BCUT2D eigenvalue weighted by Gasteiger charge is 2.70. The summed E-state index contributed by atoms with van der Waals surface area (Å²) in [5.74, 6) is -3.07. The Kier molecular flexibility index (Phi) is 3.84. The second-order valence-electron chi connectivity index (χ2n) is 7.79. The van der Waals surface area contributed by atoms with E-state index in [0.717, 1.165) is 4.90 Å². The van der Waals surface area contributed by atoms with Crippen LogP contribution in [0.25, 0.3) is 0 Å². The summed E-state index contributed by atoms with van der Waals surface area (Å²) in [5, 5.41) is 22.1. The molecule has 1 saturated heterocycles. The number of carbonyl (C=O) groups excluding carboxylic acids is 2. The summed E-state index contributed by atoms with van der Waals surface area (Å²) in [5.41, 5.74) is 1.37. The number of carbonyl (C=O) groups is 3. The molecule has 0 spiro atoms. The first kappa shape index (κ1) is 17.7. The van der Waals surface area contributed by atoms with Gasteiger partial charge in [-0.05, 0) is 24.5 Å². The topological polar surface area (TPSA) is 129 Å². The molecule has 0 aromatic heterocycles. The molecule has 0 unspecified atom stereocenters. The summed E-state index contributed by atoms with van der Waals surface area (Å²) in [6.07, 6.45) is 0.352. The van der Waals surface area contributed by atoms with Crippen molar-refractivity contribution in [2.24, 2.45) is 34.7 Å². The number of hydrogen-bond donors (Lipinski definition) is 1. The minimum Gasteiger partial charge on any atom is -0.480 e.